The summed E-state index contributed by atoms with van der Waals surface area (Å²) in [7, 11) is 1.55. The topological polar surface area (TPSA) is 76.1 Å². The predicted molar refractivity (Wildman–Crippen MR) is 101 cm³/mol. The molecule has 6 nitrogen and oxygen atoms in total. The number of hydrogen-bond donors (Lipinski definition) is 2. The van der Waals surface area contributed by atoms with Gasteiger partial charge in [-0.2, -0.15) is 0 Å². The van der Waals surface area contributed by atoms with Crippen LogP contribution in [0.1, 0.15) is 19.8 Å². The predicted octanol–water partition coefficient (Wildman–Crippen LogP) is 4.14. The Kier molecular flexibility index (Phi) is 7.61. The Balaban J connectivity index is 1.79. The van der Waals surface area contributed by atoms with Gasteiger partial charge in [-0.25, -0.2) is 0 Å². The number of nitrogens with one attached hydrogen (secondary N) is 2. The molecule has 0 bridgehead atoms. The highest BCUT2D eigenvalue weighted by Crippen LogP contribution is 2.29. The number of rotatable bonds is 9. The van der Waals surface area contributed by atoms with Crippen LogP contribution in [-0.4, -0.2) is 35.5 Å². The van der Waals surface area contributed by atoms with Crippen LogP contribution in [0, 0.1) is 0 Å². The first-order valence-corrected chi connectivity index (χ1v) is 9.64. The van der Waals surface area contributed by atoms with Crippen LogP contribution >= 0.6 is 34.7 Å². The summed E-state index contributed by atoms with van der Waals surface area (Å²) in [5.74, 6) is 1.10. The number of thioether (sulfide) groups is 1. The van der Waals surface area contributed by atoms with E-state index in [0.717, 1.165) is 22.4 Å². The molecule has 1 heterocycles. The van der Waals surface area contributed by atoms with Crippen LogP contribution in [0.25, 0.3) is 0 Å². The summed E-state index contributed by atoms with van der Waals surface area (Å²) in [4.78, 5) is 12.1. The van der Waals surface area contributed by atoms with E-state index in [1.807, 2.05) is 0 Å². The fraction of sp³-hybridized carbons (Fsp3) is 0.400. The van der Waals surface area contributed by atoms with Gasteiger partial charge in [0, 0.05) is 23.7 Å². The number of anilines is 2. The number of ether oxygens (including phenoxy) is 1. The van der Waals surface area contributed by atoms with Gasteiger partial charge in [-0.05, 0) is 24.6 Å². The number of carbonyl (C=O) groups is 1. The molecule has 0 atom stereocenters. The van der Waals surface area contributed by atoms with Crippen LogP contribution in [0.4, 0.5) is 10.8 Å². The number of aromatic nitrogens is 2. The van der Waals surface area contributed by atoms with E-state index < -0.39 is 0 Å². The lowest BCUT2D eigenvalue weighted by Crippen LogP contribution is -2.12. The molecule has 0 aliphatic rings. The van der Waals surface area contributed by atoms with Crippen LogP contribution in [0.15, 0.2) is 22.5 Å². The minimum absolute atomic E-state index is 0.100. The van der Waals surface area contributed by atoms with E-state index in [2.05, 4.69) is 27.8 Å². The summed E-state index contributed by atoms with van der Waals surface area (Å²) in [5.41, 5.74) is 0.571. The highest BCUT2D eigenvalue weighted by molar-refractivity contribution is 8.01. The van der Waals surface area contributed by atoms with Crippen LogP contribution in [0.5, 0.6) is 5.75 Å². The van der Waals surface area contributed by atoms with Crippen molar-refractivity contribution in [2.45, 2.75) is 24.1 Å². The molecule has 1 aromatic carbocycles. The molecular weight excluding hydrogens is 368 g/mol. The lowest BCUT2D eigenvalue weighted by Gasteiger charge is -2.10. The minimum atomic E-state index is -0.100. The lowest BCUT2D eigenvalue weighted by atomic mass is 10.3. The van der Waals surface area contributed by atoms with Gasteiger partial charge in [-0.1, -0.05) is 41.6 Å². The fourth-order valence-corrected chi connectivity index (χ4v) is 3.75. The smallest absolute Gasteiger partial charge is 0.225 e. The number of benzene rings is 1. The van der Waals surface area contributed by atoms with Crippen molar-refractivity contribution in [2.24, 2.45) is 0 Å². The summed E-state index contributed by atoms with van der Waals surface area (Å²) < 4.78 is 6.06. The Bertz CT molecular complexity index is 681. The standard InChI is InChI=1S/C15H19ClN4O2S2/c1-3-7-17-14-19-20-15(24-14)23-8-6-13(21)18-11-9-10(16)4-5-12(11)22-2/h4-5,9H,3,6-8H2,1-2H3,(H,17,19)(H,18,21). The molecule has 0 saturated carbocycles. The first kappa shape index (κ1) is 18.8. The maximum atomic E-state index is 12.1. The maximum absolute atomic E-state index is 12.1. The van der Waals surface area contributed by atoms with Gasteiger partial charge in [-0.15, -0.1) is 10.2 Å². The molecule has 0 radical (unpaired) electrons. The Morgan fingerprint density at radius 2 is 2.25 bits per heavy atom. The number of carbonyl (C=O) groups excluding carboxylic acids is 1. The Labute approximate surface area is 154 Å². The molecule has 2 rings (SSSR count). The van der Waals surface area contributed by atoms with E-state index in [4.69, 9.17) is 16.3 Å². The van der Waals surface area contributed by atoms with E-state index in [-0.39, 0.29) is 5.91 Å². The van der Waals surface area contributed by atoms with Crippen molar-refractivity contribution in [3.05, 3.63) is 23.2 Å². The highest BCUT2D eigenvalue weighted by Gasteiger charge is 2.10. The highest BCUT2D eigenvalue weighted by atomic mass is 35.5. The molecular formula is C15H19ClN4O2S2. The van der Waals surface area contributed by atoms with Gasteiger partial charge in [0.2, 0.25) is 11.0 Å². The SMILES string of the molecule is CCCNc1nnc(SCCC(=O)Nc2cc(Cl)ccc2OC)s1. The largest absolute Gasteiger partial charge is 0.495 e. The second-order valence-electron chi connectivity index (χ2n) is 4.79. The van der Waals surface area contributed by atoms with Gasteiger partial charge in [0.15, 0.2) is 4.34 Å². The molecule has 0 unspecified atom stereocenters. The number of amides is 1. The minimum Gasteiger partial charge on any atom is -0.495 e. The molecule has 0 fully saturated rings. The van der Waals surface area contributed by atoms with E-state index in [9.17, 15) is 4.79 Å². The van der Waals surface area contributed by atoms with Crippen molar-refractivity contribution in [1.29, 1.82) is 0 Å². The zero-order valence-corrected chi connectivity index (χ0v) is 15.9. The quantitative estimate of drug-likeness (QED) is 0.630. The van der Waals surface area contributed by atoms with Crippen LogP contribution in [-0.2, 0) is 4.79 Å². The molecule has 24 heavy (non-hydrogen) atoms. The van der Waals surface area contributed by atoms with Crippen molar-refractivity contribution in [1.82, 2.24) is 10.2 Å². The Morgan fingerprint density at radius 3 is 3.00 bits per heavy atom. The van der Waals surface area contributed by atoms with E-state index in [0.29, 0.717) is 28.6 Å². The molecule has 1 aromatic heterocycles. The Morgan fingerprint density at radius 1 is 1.42 bits per heavy atom. The van der Waals surface area contributed by atoms with E-state index >= 15 is 0 Å². The summed E-state index contributed by atoms with van der Waals surface area (Å²) in [6.07, 6.45) is 1.40. The third kappa shape index (κ3) is 5.85. The molecule has 2 N–H and O–H groups in total. The van der Waals surface area contributed by atoms with Crippen molar-refractivity contribution in [3.8, 4) is 5.75 Å². The maximum Gasteiger partial charge on any atom is 0.225 e. The molecule has 1 amide bonds. The van der Waals surface area contributed by atoms with Crippen LogP contribution < -0.4 is 15.4 Å². The molecule has 9 heteroatoms. The zero-order valence-electron chi connectivity index (χ0n) is 13.5. The third-order valence-electron chi connectivity index (χ3n) is 2.92. The molecule has 0 aliphatic heterocycles. The lowest BCUT2D eigenvalue weighted by molar-refractivity contribution is -0.115. The number of methoxy groups -OCH3 is 1. The van der Waals surface area contributed by atoms with Gasteiger partial charge in [0.05, 0.1) is 12.8 Å². The van der Waals surface area contributed by atoms with Gasteiger partial charge in [0.1, 0.15) is 5.75 Å². The van der Waals surface area contributed by atoms with Gasteiger partial charge in [-0.3, -0.25) is 4.79 Å². The zero-order chi connectivity index (χ0) is 17.4. The summed E-state index contributed by atoms with van der Waals surface area (Å²) in [6.45, 7) is 2.97. The first-order valence-electron chi connectivity index (χ1n) is 7.46. The number of nitrogens with zero attached hydrogens (tertiary/aromatic N) is 2. The average Bonchev–Trinajstić information content (AvgIpc) is 3.01. The monoisotopic (exact) mass is 386 g/mol. The molecule has 0 saturated heterocycles. The normalized spacial score (nSPS) is 10.5. The first-order chi connectivity index (χ1) is 11.6. The fourth-order valence-electron chi connectivity index (χ4n) is 1.79. The van der Waals surface area contributed by atoms with E-state index in [1.165, 1.54) is 23.1 Å². The Hall–Kier alpha value is -1.51. The molecule has 130 valence electrons. The second kappa shape index (κ2) is 9.71. The summed E-state index contributed by atoms with van der Waals surface area (Å²) >= 11 is 8.96. The van der Waals surface area contributed by atoms with E-state index in [1.54, 1.807) is 25.3 Å². The van der Waals surface area contributed by atoms with Gasteiger partial charge in [0.25, 0.3) is 0 Å². The van der Waals surface area contributed by atoms with Crippen molar-refractivity contribution >= 4 is 51.4 Å². The van der Waals surface area contributed by atoms with Crippen molar-refractivity contribution in [3.63, 3.8) is 0 Å². The number of hydrogen-bond acceptors (Lipinski definition) is 7. The van der Waals surface area contributed by atoms with Gasteiger partial charge >= 0.3 is 0 Å². The van der Waals surface area contributed by atoms with Crippen molar-refractivity contribution in [2.75, 3.05) is 30.0 Å². The third-order valence-corrected chi connectivity index (χ3v) is 5.17. The molecule has 2 aromatic rings. The molecule has 0 spiro atoms. The summed E-state index contributed by atoms with van der Waals surface area (Å²) in [5, 5.41) is 15.5. The average molecular weight is 387 g/mol. The number of halogens is 1. The second-order valence-corrected chi connectivity index (χ2v) is 7.55. The van der Waals surface area contributed by atoms with Crippen LogP contribution in [0.3, 0.4) is 0 Å². The van der Waals surface area contributed by atoms with Crippen LogP contribution in [0.2, 0.25) is 5.02 Å². The van der Waals surface area contributed by atoms with Crippen molar-refractivity contribution < 1.29 is 9.53 Å². The summed E-state index contributed by atoms with van der Waals surface area (Å²) in [6, 6.07) is 5.10. The molecule has 0 aliphatic carbocycles. The van der Waals surface area contributed by atoms with Gasteiger partial charge < -0.3 is 15.4 Å².